The lowest BCUT2D eigenvalue weighted by Crippen LogP contribution is -2.01. The Bertz CT molecular complexity index is 545. The minimum absolute atomic E-state index is 0.0289. The van der Waals surface area contributed by atoms with Gasteiger partial charge < -0.3 is 10.2 Å². The summed E-state index contributed by atoms with van der Waals surface area (Å²) < 4.78 is 0. The topological polar surface area (TPSA) is 40.5 Å². The van der Waals surface area contributed by atoms with E-state index in [0.717, 1.165) is 17.5 Å². The Kier molecular flexibility index (Phi) is 4.23. The molecule has 2 aromatic rings. The van der Waals surface area contributed by atoms with E-state index in [9.17, 15) is 10.2 Å². The highest BCUT2D eigenvalue weighted by Crippen LogP contribution is 2.38. The van der Waals surface area contributed by atoms with E-state index in [0.29, 0.717) is 10.0 Å². The number of rotatable bonds is 3. The van der Waals surface area contributed by atoms with E-state index < -0.39 is 0 Å². The molecule has 4 heteroatoms. The van der Waals surface area contributed by atoms with Crippen LogP contribution in [0, 0.1) is 0 Å². The Morgan fingerprint density at radius 1 is 0.895 bits per heavy atom. The number of hydrogen-bond donors (Lipinski definition) is 2. The zero-order valence-corrected chi connectivity index (χ0v) is 11.9. The van der Waals surface area contributed by atoms with Crippen LogP contribution in [-0.4, -0.2) is 10.2 Å². The lowest BCUT2D eigenvalue weighted by Gasteiger charge is -2.19. The number of aromatic hydroxyl groups is 2. The predicted octanol–water partition coefficient (Wildman–Crippen LogP) is 4.95. The minimum Gasteiger partial charge on any atom is -0.508 e. The van der Waals surface area contributed by atoms with E-state index >= 15 is 0 Å². The Morgan fingerprint density at radius 3 is 1.63 bits per heavy atom. The van der Waals surface area contributed by atoms with Gasteiger partial charge >= 0.3 is 0 Å². The zero-order chi connectivity index (χ0) is 14.0. The molecule has 0 aliphatic carbocycles. The maximum Gasteiger partial charge on any atom is 0.117 e. The normalized spacial score (nSPS) is 10.9. The first-order valence-electron chi connectivity index (χ1n) is 5.99. The Morgan fingerprint density at radius 2 is 1.32 bits per heavy atom. The van der Waals surface area contributed by atoms with Crippen LogP contribution in [0.1, 0.15) is 30.4 Å². The van der Waals surface area contributed by atoms with E-state index in [4.69, 9.17) is 23.2 Å². The van der Waals surface area contributed by atoms with Crippen LogP contribution in [0.3, 0.4) is 0 Å². The summed E-state index contributed by atoms with van der Waals surface area (Å²) in [6.45, 7) is 2.04. The van der Waals surface area contributed by atoms with Crippen LogP contribution >= 0.6 is 23.2 Å². The standard InChI is InChI=1S/C15H14Cl2O2/c1-2-11(12-5-3-9(18)7-14(12)16)13-6-4-10(19)8-15(13)17/h3-8,11,18-19H,2H2,1H3. The average molecular weight is 297 g/mol. The molecule has 0 radical (unpaired) electrons. The second-order valence-electron chi connectivity index (χ2n) is 4.37. The molecule has 2 N–H and O–H groups in total. The van der Waals surface area contributed by atoms with E-state index in [1.165, 1.54) is 12.1 Å². The van der Waals surface area contributed by atoms with Crippen molar-refractivity contribution in [1.82, 2.24) is 0 Å². The van der Waals surface area contributed by atoms with Crippen molar-refractivity contribution in [2.75, 3.05) is 0 Å². The Balaban J connectivity index is 2.50. The number of phenols is 2. The second kappa shape index (κ2) is 5.72. The van der Waals surface area contributed by atoms with Crippen molar-refractivity contribution in [2.45, 2.75) is 19.3 Å². The molecule has 100 valence electrons. The van der Waals surface area contributed by atoms with Crippen molar-refractivity contribution in [1.29, 1.82) is 0 Å². The van der Waals surface area contributed by atoms with Crippen molar-refractivity contribution in [2.24, 2.45) is 0 Å². The van der Waals surface area contributed by atoms with Crippen molar-refractivity contribution < 1.29 is 10.2 Å². The molecule has 0 fully saturated rings. The largest absolute Gasteiger partial charge is 0.508 e. The van der Waals surface area contributed by atoms with Crippen molar-refractivity contribution in [3.05, 3.63) is 57.6 Å². The van der Waals surface area contributed by atoms with Crippen LogP contribution < -0.4 is 0 Å². The molecule has 0 aliphatic rings. The fourth-order valence-corrected chi connectivity index (χ4v) is 2.82. The lowest BCUT2D eigenvalue weighted by atomic mass is 9.89. The zero-order valence-electron chi connectivity index (χ0n) is 10.4. The number of halogens is 2. The summed E-state index contributed by atoms with van der Waals surface area (Å²) in [7, 11) is 0. The molecule has 2 rings (SSSR count). The second-order valence-corrected chi connectivity index (χ2v) is 5.19. The van der Waals surface area contributed by atoms with E-state index in [-0.39, 0.29) is 17.4 Å². The van der Waals surface area contributed by atoms with Crippen LogP contribution in [0.15, 0.2) is 36.4 Å². The predicted molar refractivity (Wildman–Crippen MR) is 78.4 cm³/mol. The highest BCUT2D eigenvalue weighted by atomic mass is 35.5. The molecule has 0 saturated carbocycles. The van der Waals surface area contributed by atoms with E-state index in [1.807, 2.05) is 6.92 Å². The monoisotopic (exact) mass is 296 g/mol. The van der Waals surface area contributed by atoms with Crippen LogP contribution in [0.2, 0.25) is 10.0 Å². The number of hydrogen-bond acceptors (Lipinski definition) is 2. The summed E-state index contributed by atoms with van der Waals surface area (Å²) in [5.74, 6) is 0.307. The molecule has 0 amide bonds. The van der Waals surface area contributed by atoms with Gasteiger partial charge in [0.2, 0.25) is 0 Å². The van der Waals surface area contributed by atoms with Gasteiger partial charge in [0.15, 0.2) is 0 Å². The first-order valence-corrected chi connectivity index (χ1v) is 6.75. The van der Waals surface area contributed by atoms with Gasteiger partial charge in [0, 0.05) is 16.0 Å². The van der Waals surface area contributed by atoms with Gasteiger partial charge in [-0.15, -0.1) is 0 Å². The molecular formula is C15H14Cl2O2. The van der Waals surface area contributed by atoms with Gasteiger partial charge in [-0.05, 0) is 41.8 Å². The molecular weight excluding hydrogens is 283 g/mol. The summed E-state index contributed by atoms with van der Waals surface area (Å²) in [5, 5.41) is 19.8. The molecule has 0 spiro atoms. The molecule has 0 aromatic heterocycles. The Labute approximate surface area is 122 Å². The molecule has 0 unspecified atom stereocenters. The first-order chi connectivity index (χ1) is 9.02. The lowest BCUT2D eigenvalue weighted by molar-refractivity contribution is 0.475. The maximum absolute atomic E-state index is 9.41. The third kappa shape index (κ3) is 2.96. The first kappa shape index (κ1) is 14.0. The average Bonchev–Trinajstić information content (AvgIpc) is 2.34. The van der Waals surface area contributed by atoms with Gasteiger partial charge in [-0.1, -0.05) is 42.3 Å². The molecule has 0 bridgehead atoms. The number of phenolic OH excluding ortho intramolecular Hbond substituents is 2. The van der Waals surface area contributed by atoms with Gasteiger partial charge in [-0.2, -0.15) is 0 Å². The summed E-state index contributed by atoms with van der Waals surface area (Å²) in [5.41, 5.74) is 1.82. The molecule has 0 heterocycles. The summed E-state index contributed by atoms with van der Waals surface area (Å²) >= 11 is 12.4. The summed E-state index contributed by atoms with van der Waals surface area (Å²) in [4.78, 5) is 0. The van der Waals surface area contributed by atoms with E-state index in [1.54, 1.807) is 24.3 Å². The van der Waals surface area contributed by atoms with Gasteiger partial charge in [-0.3, -0.25) is 0 Å². The van der Waals surface area contributed by atoms with Crippen LogP contribution in [0.25, 0.3) is 0 Å². The fraction of sp³-hybridized carbons (Fsp3) is 0.200. The highest BCUT2D eigenvalue weighted by molar-refractivity contribution is 6.32. The van der Waals surface area contributed by atoms with Crippen molar-refractivity contribution >= 4 is 23.2 Å². The van der Waals surface area contributed by atoms with Gasteiger partial charge in [0.05, 0.1) is 0 Å². The smallest absolute Gasteiger partial charge is 0.117 e. The van der Waals surface area contributed by atoms with Gasteiger partial charge in [-0.25, -0.2) is 0 Å². The third-order valence-electron chi connectivity index (χ3n) is 3.13. The molecule has 19 heavy (non-hydrogen) atoms. The molecule has 0 saturated heterocycles. The minimum atomic E-state index is 0.0289. The molecule has 0 aliphatic heterocycles. The third-order valence-corrected chi connectivity index (χ3v) is 3.78. The quantitative estimate of drug-likeness (QED) is 0.841. The van der Waals surface area contributed by atoms with Gasteiger partial charge in [0.25, 0.3) is 0 Å². The van der Waals surface area contributed by atoms with Crippen LogP contribution in [0.5, 0.6) is 11.5 Å². The maximum atomic E-state index is 9.41. The van der Waals surface area contributed by atoms with Crippen molar-refractivity contribution in [3.8, 4) is 11.5 Å². The summed E-state index contributed by atoms with van der Waals surface area (Å²) in [6, 6.07) is 9.86. The van der Waals surface area contributed by atoms with Gasteiger partial charge in [0.1, 0.15) is 11.5 Å². The molecule has 0 atom stereocenters. The highest BCUT2D eigenvalue weighted by Gasteiger charge is 2.18. The number of benzene rings is 2. The van der Waals surface area contributed by atoms with E-state index in [2.05, 4.69) is 0 Å². The van der Waals surface area contributed by atoms with Crippen LogP contribution in [0.4, 0.5) is 0 Å². The summed E-state index contributed by atoms with van der Waals surface area (Å²) in [6.07, 6.45) is 0.814. The SMILES string of the molecule is CCC(c1ccc(O)cc1Cl)c1ccc(O)cc1Cl. The van der Waals surface area contributed by atoms with Crippen molar-refractivity contribution in [3.63, 3.8) is 0 Å². The molecule has 2 aromatic carbocycles. The fourth-order valence-electron chi connectivity index (χ4n) is 2.20. The van der Waals surface area contributed by atoms with Crippen LogP contribution in [-0.2, 0) is 0 Å². The molecule has 2 nitrogen and oxygen atoms in total. The Hall–Kier alpha value is -1.38.